The van der Waals surface area contributed by atoms with Crippen LogP contribution < -0.4 is 58.0 Å². The fraction of sp³-hybridized carbons (Fsp3) is 0. The van der Waals surface area contributed by atoms with Gasteiger partial charge in [0.25, 0.3) is 0 Å². The highest BCUT2D eigenvalue weighted by Gasteiger charge is 2.51. The van der Waals surface area contributed by atoms with E-state index in [2.05, 4.69) is 172 Å². The van der Waals surface area contributed by atoms with Crippen molar-refractivity contribution in [3.05, 3.63) is 243 Å². The third-order valence-corrected chi connectivity index (χ3v) is 20.8. The second-order valence-electron chi connectivity index (χ2n) is 17.8. The van der Waals surface area contributed by atoms with Gasteiger partial charge in [-0.25, -0.2) is 0 Å². The predicted molar refractivity (Wildman–Crippen MR) is 287 cm³/mol. The van der Waals surface area contributed by atoms with Gasteiger partial charge in [-0.1, -0.05) is 187 Å². The van der Waals surface area contributed by atoms with Gasteiger partial charge in [-0.05, 0) is 72.2 Å². The van der Waals surface area contributed by atoms with Crippen LogP contribution in [0.25, 0.3) is 27.5 Å². The summed E-state index contributed by atoms with van der Waals surface area (Å²) < 4.78 is 35.7. The summed E-state index contributed by atoms with van der Waals surface area (Å²) >= 11 is 0. The molecular formula is C60H40BN3O2P2. The lowest BCUT2D eigenvalue weighted by Crippen LogP contribution is -2.73. The van der Waals surface area contributed by atoms with Crippen LogP contribution in [0.3, 0.4) is 0 Å². The number of benzene rings is 10. The van der Waals surface area contributed by atoms with Crippen molar-refractivity contribution < 1.29 is 9.13 Å². The molecule has 5 nitrogen and oxygen atoms in total. The van der Waals surface area contributed by atoms with Crippen LogP contribution in [0.4, 0.5) is 34.1 Å². The summed E-state index contributed by atoms with van der Waals surface area (Å²) in [6, 6.07) is 83.9. The molecule has 10 aromatic carbocycles. The molecule has 3 aliphatic heterocycles. The van der Waals surface area contributed by atoms with Crippen LogP contribution in [0, 0.1) is 0 Å². The van der Waals surface area contributed by atoms with E-state index in [0.717, 1.165) is 110 Å². The first-order valence-corrected chi connectivity index (χ1v) is 26.5. The van der Waals surface area contributed by atoms with E-state index in [4.69, 9.17) is 0 Å². The Hall–Kier alpha value is -7.88. The monoisotopic (exact) mass is 907 g/mol. The van der Waals surface area contributed by atoms with E-state index < -0.39 is 14.3 Å². The van der Waals surface area contributed by atoms with Gasteiger partial charge >= 0.3 is 0 Å². The minimum absolute atomic E-state index is 0.284. The molecule has 0 spiro atoms. The molecule has 0 saturated carbocycles. The number of nitrogens with zero attached hydrogens (tertiary/aromatic N) is 3. The van der Waals surface area contributed by atoms with Crippen molar-refractivity contribution in [3.63, 3.8) is 0 Å². The standard InChI is InChI=1S/C60H40BN3O2P2/c65-67(44-24-9-3-10-25-44)54-33-18-14-29-48(54)61-49-38-36-43(40-57(49)68(66,45-26-11-4-12-27-45)56-35-19-34-55(67)58(56)61)64-50-30-15-13-28-46(50)47-37-39-53-60(59(47)64)63(42-22-7-2-8-23-42)52-32-17-16-31-51(52)62(53)41-20-5-1-6-21-41/h1-40H. The molecule has 14 rings (SSSR count). The number of hydrogen-bond acceptors (Lipinski definition) is 4. The minimum Gasteiger partial charge on any atom is -0.309 e. The van der Waals surface area contributed by atoms with Crippen molar-refractivity contribution in [2.45, 2.75) is 0 Å². The van der Waals surface area contributed by atoms with Gasteiger partial charge in [0.15, 0.2) is 14.3 Å². The molecule has 8 heteroatoms. The van der Waals surface area contributed by atoms with E-state index in [1.54, 1.807) is 0 Å². The Morgan fingerprint density at radius 2 is 0.868 bits per heavy atom. The highest BCUT2D eigenvalue weighted by atomic mass is 31.2. The normalized spacial score (nSPS) is 17.6. The van der Waals surface area contributed by atoms with Crippen LogP contribution in [0.2, 0.25) is 0 Å². The Bertz CT molecular complexity index is 3950. The molecule has 320 valence electrons. The lowest BCUT2D eigenvalue weighted by molar-refractivity contribution is 0.592. The van der Waals surface area contributed by atoms with E-state index in [1.807, 2.05) is 84.9 Å². The maximum absolute atomic E-state index is 17.1. The number of rotatable bonds is 5. The van der Waals surface area contributed by atoms with Gasteiger partial charge < -0.3 is 23.5 Å². The van der Waals surface area contributed by atoms with Crippen molar-refractivity contribution in [1.82, 2.24) is 4.57 Å². The summed E-state index contributed by atoms with van der Waals surface area (Å²) in [6.07, 6.45) is 0. The lowest BCUT2D eigenvalue weighted by Gasteiger charge is -2.41. The van der Waals surface area contributed by atoms with Gasteiger partial charge in [0.05, 0.1) is 33.8 Å². The molecule has 3 aliphatic rings. The summed E-state index contributed by atoms with van der Waals surface area (Å²) in [5.74, 6) is 0. The van der Waals surface area contributed by atoms with Gasteiger partial charge in [-0.15, -0.1) is 0 Å². The summed E-state index contributed by atoms with van der Waals surface area (Å²) in [4.78, 5) is 4.79. The second-order valence-corrected chi connectivity index (χ2v) is 23.2. The van der Waals surface area contributed by atoms with E-state index in [9.17, 15) is 0 Å². The van der Waals surface area contributed by atoms with Crippen LogP contribution in [-0.4, -0.2) is 11.3 Å². The predicted octanol–water partition coefficient (Wildman–Crippen LogP) is 10.5. The van der Waals surface area contributed by atoms with E-state index in [0.29, 0.717) is 0 Å². The van der Waals surface area contributed by atoms with E-state index in [1.165, 1.54) is 0 Å². The van der Waals surface area contributed by atoms with Crippen molar-refractivity contribution >= 4 is 125 Å². The Morgan fingerprint density at radius 3 is 1.54 bits per heavy atom. The third-order valence-electron chi connectivity index (χ3n) is 14.4. The molecule has 1 aromatic heterocycles. The molecule has 68 heavy (non-hydrogen) atoms. The number of fused-ring (bicyclic) bond motifs is 10. The first-order valence-electron chi connectivity index (χ1n) is 23.1. The smallest absolute Gasteiger partial charge is 0.245 e. The van der Waals surface area contributed by atoms with Crippen molar-refractivity contribution in [2.24, 2.45) is 0 Å². The summed E-state index contributed by atoms with van der Waals surface area (Å²) in [5.41, 5.74) is 12.2. The van der Waals surface area contributed by atoms with Crippen LogP contribution in [0.5, 0.6) is 0 Å². The number of anilines is 6. The van der Waals surface area contributed by atoms with Crippen molar-refractivity contribution in [3.8, 4) is 5.69 Å². The highest BCUT2D eigenvalue weighted by Crippen LogP contribution is 2.58. The van der Waals surface area contributed by atoms with Crippen molar-refractivity contribution in [1.29, 1.82) is 0 Å². The minimum atomic E-state index is -3.63. The van der Waals surface area contributed by atoms with E-state index in [-0.39, 0.29) is 6.71 Å². The zero-order valence-corrected chi connectivity index (χ0v) is 38.5. The van der Waals surface area contributed by atoms with Gasteiger partial charge in [0.2, 0.25) is 6.71 Å². The summed E-state index contributed by atoms with van der Waals surface area (Å²) in [6.45, 7) is -0.284. The highest BCUT2D eigenvalue weighted by molar-refractivity contribution is 7.89. The maximum Gasteiger partial charge on any atom is 0.245 e. The first-order chi connectivity index (χ1) is 33.5. The van der Waals surface area contributed by atoms with E-state index >= 15 is 9.13 Å². The third kappa shape index (κ3) is 5.30. The van der Waals surface area contributed by atoms with Gasteiger partial charge in [-0.2, -0.15) is 0 Å². The van der Waals surface area contributed by atoms with Crippen LogP contribution in [-0.2, 0) is 9.13 Å². The maximum atomic E-state index is 17.1. The zero-order chi connectivity index (χ0) is 45.1. The number of hydrogen-bond donors (Lipinski definition) is 0. The van der Waals surface area contributed by atoms with Gasteiger partial charge in [-0.3, -0.25) is 0 Å². The topological polar surface area (TPSA) is 45.6 Å². The Balaban J connectivity index is 1.09. The largest absolute Gasteiger partial charge is 0.309 e. The average Bonchev–Trinajstić information content (AvgIpc) is 3.75. The summed E-state index contributed by atoms with van der Waals surface area (Å²) in [5, 5.41) is 6.94. The van der Waals surface area contributed by atoms with Crippen LogP contribution >= 0.6 is 14.3 Å². The molecule has 0 radical (unpaired) electrons. The first kappa shape index (κ1) is 39.3. The fourth-order valence-corrected chi connectivity index (χ4v) is 18.1. The lowest BCUT2D eigenvalue weighted by atomic mass is 9.36. The quantitative estimate of drug-likeness (QED) is 0.128. The van der Waals surface area contributed by atoms with Crippen LogP contribution in [0.15, 0.2) is 243 Å². The molecule has 0 aliphatic carbocycles. The molecule has 0 N–H and O–H groups in total. The SMILES string of the molecule is O=P1(c2ccccc2)c2ccccc2B2c3ccc(-n4c5ccccc5c5ccc6c(c54)N(c4ccccc4)c4ccccc4N6c4ccccc4)cc3P(=O)(c3ccccc3)c3cccc1c32. The van der Waals surface area contributed by atoms with Crippen molar-refractivity contribution in [2.75, 3.05) is 9.80 Å². The summed E-state index contributed by atoms with van der Waals surface area (Å²) in [7, 11) is -7.01. The Kier molecular flexibility index (Phi) is 8.56. The molecular weight excluding hydrogens is 867 g/mol. The van der Waals surface area contributed by atoms with Gasteiger partial charge in [0, 0.05) is 59.7 Å². The molecule has 11 aromatic rings. The van der Waals surface area contributed by atoms with Gasteiger partial charge in [0.1, 0.15) is 0 Å². The second kappa shape index (κ2) is 14.8. The molecule has 4 heterocycles. The number of aromatic nitrogens is 1. The molecule has 2 atom stereocenters. The molecule has 2 unspecified atom stereocenters. The molecule has 0 bridgehead atoms. The Labute approximate surface area is 395 Å². The average molecular weight is 908 g/mol. The Morgan fingerprint density at radius 1 is 0.353 bits per heavy atom. The number of para-hydroxylation sites is 5. The van der Waals surface area contributed by atoms with Crippen LogP contribution in [0.1, 0.15) is 0 Å². The fourth-order valence-electron chi connectivity index (χ4n) is 11.7. The zero-order valence-electron chi connectivity index (χ0n) is 36.7. The molecule has 0 fully saturated rings. The molecule has 0 amide bonds. The molecule has 0 saturated heterocycles.